The summed E-state index contributed by atoms with van der Waals surface area (Å²) in [5.41, 5.74) is 6.96. The molecule has 90 valence electrons. The molecule has 0 unspecified atom stereocenters. The molecule has 6 nitrogen and oxygen atoms in total. The number of nitrogens with zero attached hydrogens (tertiary/aromatic N) is 2. The van der Waals surface area contributed by atoms with E-state index in [1.807, 2.05) is 30.3 Å². The van der Waals surface area contributed by atoms with Crippen molar-refractivity contribution in [2.24, 2.45) is 5.73 Å². The molecular formula is C12H11N5O. The quantitative estimate of drug-likeness (QED) is 0.730. The van der Waals surface area contributed by atoms with Gasteiger partial charge in [0.05, 0.1) is 6.67 Å². The fraction of sp³-hybridized carbons (Fsp3) is 0.0833. The SMILES string of the molecule is NC(=O)c1nc(-c2ccccc2)nc2c1NCN2. The standard InChI is InChI=1S/C12H11N5O/c13-10(18)8-9-12(15-6-14-9)17-11(16-8)7-4-2-1-3-5-7/h1-5,14H,6H2,(H2,13,18)(H,15,16,17). The third kappa shape index (κ3) is 1.64. The highest BCUT2D eigenvalue weighted by molar-refractivity contribution is 6.00. The molecule has 1 amide bonds. The lowest BCUT2D eigenvalue weighted by atomic mass is 10.2. The average molecular weight is 241 g/mol. The molecule has 0 bridgehead atoms. The Kier molecular flexibility index (Phi) is 2.33. The Bertz CT molecular complexity index is 611. The molecule has 0 radical (unpaired) electrons. The summed E-state index contributed by atoms with van der Waals surface area (Å²) in [7, 11) is 0. The molecule has 0 spiro atoms. The predicted octanol–water partition coefficient (Wildman–Crippen LogP) is 1.04. The number of carbonyl (C=O) groups excluding carboxylic acids is 1. The van der Waals surface area contributed by atoms with Crippen LogP contribution in [0.3, 0.4) is 0 Å². The van der Waals surface area contributed by atoms with E-state index in [1.165, 1.54) is 0 Å². The van der Waals surface area contributed by atoms with Crippen molar-refractivity contribution in [1.82, 2.24) is 9.97 Å². The van der Waals surface area contributed by atoms with E-state index in [0.29, 0.717) is 24.0 Å². The number of nitrogens with one attached hydrogen (secondary N) is 2. The molecule has 0 fully saturated rings. The minimum atomic E-state index is -0.568. The normalized spacial score (nSPS) is 12.4. The van der Waals surface area contributed by atoms with Gasteiger partial charge in [-0.2, -0.15) is 0 Å². The van der Waals surface area contributed by atoms with Gasteiger partial charge in [0, 0.05) is 5.56 Å². The van der Waals surface area contributed by atoms with Crippen LogP contribution in [0.4, 0.5) is 11.5 Å². The zero-order valence-corrected chi connectivity index (χ0v) is 9.47. The molecule has 6 heteroatoms. The van der Waals surface area contributed by atoms with Crippen molar-refractivity contribution in [2.45, 2.75) is 0 Å². The second-order valence-corrected chi connectivity index (χ2v) is 3.88. The van der Waals surface area contributed by atoms with Crippen LogP contribution in [0.5, 0.6) is 0 Å². The van der Waals surface area contributed by atoms with Crippen LogP contribution in [0.1, 0.15) is 10.5 Å². The van der Waals surface area contributed by atoms with E-state index in [1.54, 1.807) is 0 Å². The maximum Gasteiger partial charge on any atom is 0.269 e. The van der Waals surface area contributed by atoms with E-state index >= 15 is 0 Å². The van der Waals surface area contributed by atoms with E-state index in [0.717, 1.165) is 5.56 Å². The van der Waals surface area contributed by atoms with Gasteiger partial charge >= 0.3 is 0 Å². The lowest BCUT2D eigenvalue weighted by Gasteiger charge is -2.06. The van der Waals surface area contributed by atoms with Crippen LogP contribution in [0.2, 0.25) is 0 Å². The molecule has 1 aliphatic rings. The monoisotopic (exact) mass is 241 g/mol. The van der Waals surface area contributed by atoms with Gasteiger partial charge in [0.1, 0.15) is 5.69 Å². The number of carbonyl (C=O) groups is 1. The maximum absolute atomic E-state index is 11.4. The van der Waals surface area contributed by atoms with Gasteiger partial charge in [-0.05, 0) is 0 Å². The van der Waals surface area contributed by atoms with Gasteiger partial charge in [0.15, 0.2) is 17.3 Å². The van der Waals surface area contributed by atoms with Crippen molar-refractivity contribution >= 4 is 17.4 Å². The summed E-state index contributed by atoms with van der Waals surface area (Å²) in [5, 5.41) is 6.03. The van der Waals surface area contributed by atoms with Gasteiger partial charge in [0.2, 0.25) is 0 Å². The van der Waals surface area contributed by atoms with Crippen LogP contribution in [0.15, 0.2) is 30.3 Å². The van der Waals surface area contributed by atoms with Crippen LogP contribution in [-0.4, -0.2) is 22.5 Å². The molecule has 0 saturated heterocycles. The first-order valence-electron chi connectivity index (χ1n) is 5.51. The van der Waals surface area contributed by atoms with Crippen LogP contribution in [0.25, 0.3) is 11.4 Å². The number of fused-ring (bicyclic) bond motifs is 1. The molecule has 0 aliphatic carbocycles. The van der Waals surface area contributed by atoms with Gasteiger partial charge in [0.25, 0.3) is 5.91 Å². The van der Waals surface area contributed by atoms with Gasteiger partial charge in [-0.25, -0.2) is 9.97 Å². The van der Waals surface area contributed by atoms with Crippen LogP contribution in [0, 0.1) is 0 Å². The number of hydrogen-bond donors (Lipinski definition) is 3. The number of aromatic nitrogens is 2. The fourth-order valence-electron chi connectivity index (χ4n) is 1.87. The summed E-state index contributed by atoms with van der Waals surface area (Å²) in [5.74, 6) is 0.527. The van der Waals surface area contributed by atoms with Crippen LogP contribution < -0.4 is 16.4 Å². The topological polar surface area (TPSA) is 92.9 Å². The molecule has 1 aromatic heterocycles. The Morgan fingerprint density at radius 1 is 1.17 bits per heavy atom. The summed E-state index contributed by atoms with van der Waals surface area (Å²) in [6.45, 7) is 0.516. The zero-order chi connectivity index (χ0) is 12.5. The summed E-state index contributed by atoms with van der Waals surface area (Å²) in [4.78, 5) is 20.0. The van der Waals surface area contributed by atoms with Crippen LogP contribution in [-0.2, 0) is 0 Å². The average Bonchev–Trinajstić information content (AvgIpc) is 2.86. The van der Waals surface area contributed by atoms with Crippen LogP contribution >= 0.6 is 0 Å². The molecular weight excluding hydrogens is 230 g/mol. The van der Waals surface area contributed by atoms with Crippen molar-refractivity contribution in [3.8, 4) is 11.4 Å². The number of nitrogens with two attached hydrogens (primary N) is 1. The minimum Gasteiger partial charge on any atom is -0.364 e. The number of hydrogen-bond acceptors (Lipinski definition) is 5. The van der Waals surface area contributed by atoms with Gasteiger partial charge < -0.3 is 16.4 Å². The van der Waals surface area contributed by atoms with Crippen molar-refractivity contribution in [3.63, 3.8) is 0 Å². The number of anilines is 2. The molecule has 0 atom stereocenters. The van der Waals surface area contributed by atoms with E-state index in [4.69, 9.17) is 5.73 Å². The Morgan fingerprint density at radius 3 is 2.67 bits per heavy atom. The third-order valence-corrected chi connectivity index (χ3v) is 2.70. The summed E-state index contributed by atoms with van der Waals surface area (Å²) in [6, 6.07) is 9.46. The van der Waals surface area contributed by atoms with E-state index in [9.17, 15) is 4.79 Å². The Labute approximate surface area is 103 Å². The second-order valence-electron chi connectivity index (χ2n) is 3.88. The van der Waals surface area contributed by atoms with E-state index in [2.05, 4.69) is 20.6 Å². The lowest BCUT2D eigenvalue weighted by Crippen LogP contribution is -2.16. The first kappa shape index (κ1) is 10.5. The lowest BCUT2D eigenvalue weighted by molar-refractivity contribution is 0.0996. The number of primary amides is 1. The summed E-state index contributed by atoms with van der Waals surface area (Å²) >= 11 is 0. The molecule has 2 aromatic rings. The number of benzene rings is 1. The van der Waals surface area contributed by atoms with Crippen molar-refractivity contribution < 1.29 is 4.79 Å². The first-order valence-corrected chi connectivity index (χ1v) is 5.51. The van der Waals surface area contributed by atoms with Gasteiger partial charge in [-0.15, -0.1) is 0 Å². The van der Waals surface area contributed by atoms with Crippen molar-refractivity contribution in [3.05, 3.63) is 36.0 Å². The third-order valence-electron chi connectivity index (χ3n) is 2.70. The molecule has 2 heterocycles. The molecule has 4 N–H and O–H groups in total. The Hall–Kier alpha value is -2.63. The summed E-state index contributed by atoms with van der Waals surface area (Å²) < 4.78 is 0. The Morgan fingerprint density at radius 2 is 1.94 bits per heavy atom. The maximum atomic E-state index is 11.4. The number of amides is 1. The van der Waals surface area contributed by atoms with E-state index < -0.39 is 5.91 Å². The first-order chi connectivity index (χ1) is 8.75. The van der Waals surface area contributed by atoms with E-state index in [-0.39, 0.29) is 5.69 Å². The molecule has 18 heavy (non-hydrogen) atoms. The molecule has 1 aromatic carbocycles. The highest BCUT2D eigenvalue weighted by atomic mass is 16.1. The number of rotatable bonds is 2. The van der Waals surface area contributed by atoms with Gasteiger partial charge in [-0.1, -0.05) is 30.3 Å². The zero-order valence-electron chi connectivity index (χ0n) is 9.47. The molecule has 1 aliphatic heterocycles. The highest BCUT2D eigenvalue weighted by Crippen LogP contribution is 2.29. The summed E-state index contributed by atoms with van der Waals surface area (Å²) in [6.07, 6.45) is 0. The molecule has 3 rings (SSSR count). The van der Waals surface area contributed by atoms with Crippen molar-refractivity contribution in [2.75, 3.05) is 17.3 Å². The minimum absolute atomic E-state index is 0.212. The second kappa shape index (κ2) is 3.99. The smallest absolute Gasteiger partial charge is 0.269 e. The predicted molar refractivity (Wildman–Crippen MR) is 68.1 cm³/mol. The van der Waals surface area contributed by atoms with Crippen molar-refractivity contribution in [1.29, 1.82) is 0 Å². The fourth-order valence-corrected chi connectivity index (χ4v) is 1.87. The van der Waals surface area contributed by atoms with Gasteiger partial charge in [-0.3, -0.25) is 4.79 Å². The Balaban J connectivity index is 2.18. The highest BCUT2D eigenvalue weighted by Gasteiger charge is 2.21. The largest absolute Gasteiger partial charge is 0.364 e. The molecule has 0 saturated carbocycles.